The molecule has 0 aliphatic heterocycles. The third kappa shape index (κ3) is 3.61. The summed E-state index contributed by atoms with van der Waals surface area (Å²) in [6.07, 6.45) is 10.7. The summed E-state index contributed by atoms with van der Waals surface area (Å²) in [5, 5.41) is 9.36. The molecule has 1 heterocycles. The van der Waals surface area contributed by atoms with Crippen molar-refractivity contribution in [1.82, 2.24) is 9.55 Å². The Balaban J connectivity index is 1.55. The summed E-state index contributed by atoms with van der Waals surface area (Å²) < 4.78 is 7.85. The highest BCUT2D eigenvalue weighted by molar-refractivity contribution is 4.74. The Morgan fingerprint density at radius 2 is 2.12 bits per heavy atom. The summed E-state index contributed by atoms with van der Waals surface area (Å²) in [5.74, 6) is 0. The maximum atomic E-state index is 9.36. The quantitative estimate of drug-likeness (QED) is 0.773. The fourth-order valence-corrected chi connectivity index (χ4v) is 2.13. The number of ether oxygens (including phenoxy) is 1. The average Bonchev–Trinajstić information content (AvgIpc) is 2.80. The first-order valence-electron chi connectivity index (χ1n) is 6.10. The second-order valence-corrected chi connectivity index (χ2v) is 4.46. The fourth-order valence-electron chi connectivity index (χ4n) is 2.13. The first-order chi connectivity index (χ1) is 7.84. The molecule has 1 aromatic heterocycles. The second-order valence-electron chi connectivity index (χ2n) is 4.46. The standard InChI is InChI=1S/C12H20N2O2/c15-11-2-4-12(5-3-11)16-9-1-7-14-8-6-13-10-14/h6,8,10-12,15H,1-5,7,9H2. The van der Waals surface area contributed by atoms with E-state index in [0.717, 1.165) is 45.3 Å². The maximum Gasteiger partial charge on any atom is 0.0945 e. The van der Waals surface area contributed by atoms with Crippen LogP contribution in [0.25, 0.3) is 0 Å². The van der Waals surface area contributed by atoms with Gasteiger partial charge >= 0.3 is 0 Å². The Bertz CT molecular complexity index is 279. The number of rotatable bonds is 5. The molecule has 4 nitrogen and oxygen atoms in total. The minimum atomic E-state index is -0.0919. The van der Waals surface area contributed by atoms with E-state index < -0.39 is 0 Å². The lowest BCUT2D eigenvalue weighted by Gasteiger charge is -2.25. The van der Waals surface area contributed by atoms with Gasteiger partial charge in [-0.2, -0.15) is 0 Å². The van der Waals surface area contributed by atoms with Gasteiger partial charge in [0.1, 0.15) is 0 Å². The van der Waals surface area contributed by atoms with Crippen LogP contribution in [0.3, 0.4) is 0 Å². The zero-order valence-corrected chi connectivity index (χ0v) is 9.59. The second kappa shape index (κ2) is 6.01. The Morgan fingerprint density at radius 3 is 2.81 bits per heavy atom. The van der Waals surface area contributed by atoms with E-state index >= 15 is 0 Å². The molecule has 2 rings (SSSR count). The van der Waals surface area contributed by atoms with E-state index in [-0.39, 0.29) is 6.10 Å². The van der Waals surface area contributed by atoms with Crippen LogP contribution in [-0.2, 0) is 11.3 Å². The topological polar surface area (TPSA) is 47.3 Å². The lowest BCUT2D eigenvalue weighted by atomic mass is 9.95. The summed E-state index contributed by atoms with van der Waals surface area (Å²) in [6.45, 7) is 1.77. The molecular formula is C12H20N2O2. The molecule has 1 fully saturated rings. The molecule has 0 aromatic carbocycles. The highest BCUT2D eigenvalue weighted by Crippen LogP contribution is 2.20. The maximum absolute atomic E-state index is 9.36. The smallest absolute Gasteiger partial charge is 0.0945 e. The van der Waals surface area contributed by atoms with Gasteiger partial charge in [-0.25, -0.2) is 4.98 Å². The normalized spacial score (nSPS) is 25.8. The van der Waals surface area contributed by atoms with Crippen molar-refractivity contribution in [2.24, 2.45) is 0 Å². The highest BCUT2D eigenvalue weighted by atomic mass is 16.5. The van der Waals surface area contributed by atoms with Gasteiger partial charge in [0.05, 0.1) is 18.5 Å². The van der Waals surface area contributed by atoms with Crippen molar-refractivity contribution < 1.29 is 9.84 Å². The third-order valence-electron chi connectivity index (χ3n) is 3.12. The van der Waals surface area contributed by atoms with Crippen LogP contribution in [0.15, 0.2) is 18.7 Å². The Hall–Kier alpha value is -0.870. The van der Waals surface area contributed by atoms with Crippen LogP contribution in [0.1, 0.15) is 32.1 Å². The van der Waals surface area contributed by atoms with Gasteiger partial charge in [0.2, 0.25) is 0 Å². The fraction of sp³-hybridized carbons (Fsp3) is 0.750. The zero-order chi connectivity index (χ0) is 11.2. The van der Waals surface area contributed by atoms with E-state index in [1.807, 2.05) is 12.5 Å². The lowest BCUT2D eigenvalue weighted by Crippen LogP contribution is -2.24. The van der Waals surface area contributed by atoms with Crippen molar-refractivity contribution in [2.75, 3.05) is 6.61 Å². The van der Waals surface area contributed by atoms with E-state index in [2.05, 4.69) is 9.55 Å². The van der Waals surface area contributed by atoms with Crippen molar-refractivity contribution in [2.45, 2.75) is 50.9 Å². The molecule has 4 heteroatoms. The molecule has 0 bridgehead atoms. The molecule has 1 N–H and O–H groups in total. The molecule has 1 aliphatic carbocycles. The molecule has 16 heavy (non-hydrogen) atoms. The van der Waals surface area contributed by atoms with Crippen molar-refractivity contribution in [3.63, 3.8) is 0 Å². The van der Waals surface area contributed by atoms with Gasteiger partial charge in [0.15, 0.2) is 0 Å². The van der Waals surface area contributed by atoms with Crippen LogP contribution in [-0.4, -0.2) is 33.5 Å². The van der Waals surface area contributed by atoms with E-state index in [4.69, 9.17) is 4.74 Å². The minimum absolute atomic E-state index is 0.0919. The summed E-state index contributed by atoms with van der Waals surface area (Å²) in [5.41, 5.74) is 0. The number of hydrogen-bond acceptors (Lipinski definition) is 3. The van der Waals surface area contributed by atoms with Crippen LogP contribution < -0.4 is 0 Å². The average molecular weight is 224 g/mol. The molecular weight excluding hydrogens is 204 g/mol. The molecule has 0 saturated heterocycles. The van der Waals surface area contributed by atoms with Crippen molar-refractivity contribution in [3.8, 4) is 0 Å². The van der Waals surface area contributed by atoms with Gasteiger partial charge in [-0.15, -0.1) is 0 Å². The Kier molecular flexibility index (Phi) is 4.36. The first kappa shape index (κ1) is 11.6. The molecule has 1 saturated carbocycles. The molecule has 0 spiro atoms. The van der Waals surface area contributed by atoms with Gasteiger partial charge < -0.3 is 14.4 Å². The first-order valence-corrected chi connectivity index (χ1v) is 6.10. The van der Waals surface area contributed by atoms with E-state index in [1.54, 1.807) is 6.20 Å². The molecule has 0 unspecified atom stereocenters. The number of aryl methyl sites for hydroxylation is 1. The van der Waals surface area contributed by atoms with Crippen LogP contribution in [0.5, 0.6) is 0 Å². The zero-order valence-electron chi connectivity index (χ0n) is 9.59. The lowest BCUT2D eigenvalue weighted by molar-refractivity contribution is -0.00484. The Labute approximate surface area is 96.3 Å². The van der Waals surface area contributed by atoms with E-state index in [0.29, 0.717) is 6.10 Å². The Morgan fingerprint density at radius 1 is 1.31 bits per heavy atom. The number of nitrogens with zero attached hydrogens (tertiary/aromatic N) is 2. The molecule has 1 aliphatic rings. The van der Waals surface area contributed by atoms with Gasteiger partial charge in [-0.05, 0) is 32.1 Å². The monoisotopic (exact) mass is 224 g/mol. The molecule has 0 radical (unpaired) electrons. The van der Waals surface area contributed by atoms with Gasteiger partial charge in [-0.3, -0.25) is 0 Å². The molecule has 90 valence electrons. The van der Waals surface area contributed by atoms with E-state index in [9.17, 15) is 5.11 Å². The number of aromatic nitrogens is 2. The predicted octanol–water partition coefficient (Wildman–Crippen LogP) is 1.59. The van der Waals surface area contributed by atoms with Gasteiger partial charge in [-0.1, -0.05) is 0 Å². The molecule has 0 atom stereocenters. The minimum Gasteiger partial charge on any atom is -0.393 e. The van der Waals surface area contributed by atoms with Crippen LogP contribution in [0.2, 0.25) is 0 Å². The largest absolute Gasteiger partial charge is 0.393 e. The number of imidazole rings is 1. The number of aliphatic hydroxyl groups is 1. The highest BCUT2D eigenvalue weighted by Gasteiger charge is 2.19. The molecule has 0 amide bonds. The van der Waals surface area contributed by atoms with Crippen molar-refractivity contribution >= 4 is 0 Å². The van der Waals surface area contributed by atoms with E-state index in [1.165, 1.54) is 0 Å². The van der Waals surface area contributed by atoms with Crippen molar-refractivity contribution in [1.29, 1.82) is 0 Å². The van der Waals surface area contributed by atoms with Gasteiger partial charge in [0, 0.05) is 25.5 Å². The predicted molar refractivity (Wildman–Crippen MR) is 61.1 cm³/mol. The third-order valence-corrected chi connectivity index (χ3v) is 3.12. The summed E-state index contributed by atoms with van der Waals surface area (Å²) in [6, 6.07) is 0. The summed E-state index contributed by atoms with van der Waals surface area (Å²) >= 11 is 0. The SMILES string of the molecule is OC1CCC(OCCCn2ccnc2)CC1. The number of aliphatic hydroxyl groups excluding tert-OH is 1. The van der Waals surface area contributed by atoms with Crippen LogP contribution in [0, 0.1) is 0 Å². The van der Waals surface area contributed by atoms with Gasteiger partial charge in [0.25, 0.3) is 0 Å². The molecule has 1 aromatic rings. The summed E-state index contributed by atoms with van der Waals surface area (Å²) in [4.78, 5) is 3.99. The summed E-state index contributed by atoms with van der Waals surface area (Å²) in [7, 11) is 0. The van der Waals surface area contributed by atoms with Crippen LogP contribution in [0.4, 0.5) is 0 Å². The van der Waals surface area contributed by atoms with Crippen LogP contribution >= 0.6 is 0 Å². The number of hydrogen-bond donors (Lipinski definition) is 1. The van der Waals surface area contributed by atoms with Crippen molar-refractivity contribution in [3.05, 3.63) is 18.7 Å².